The fourth-order valence-electron chi connectivity index (χ4n) is 6.77. The fraction of sp³-hybridized carbons (Fsp3) is 0.378. The van der Waals surface area contributed by atoms with Crippen LogP contribution in [0.4, 0.5) is 4.39 Å². The molecule has 3 aromatic carbocycles. The molecule has 1 unspecified atom stereocenters. The van der Waals surface area contributed by atoms with Crippen LogP contribution in [0.25, 0.3) is 10.8 Å². The maximum Gasteiger partial charge on any atom is 0.328 e. The lowest BCUT2D eigenvalue weighted by Gasteiger charge is -2.43. The van der Waals surface area contributed by atoms with Gasteiger partial charge in [-0.25, -0.2) is 33.2 Å². The third kappa shape index (κ3) is 21.8. The number of nitrogens with zero attached hydrogens (tertiary/aromatic N) is 4. The molecular formula is C45H57FN4O13. The minimum Gasteiger partial charge on any atom is -0.508 e. The number of hydrogen-bond acceptors (Lipinski definition) is 11. The van der Waals surface area contributed by atoms with Gasteiger partial charge in [0.15, 0.2) is 0 Å². The monoisotopic (exact) mass is 880 g/mol. The van der Waals surface area contributed by atoms with Crippen LogP contribution < -0.4 is 0 Å². The molecule has 17 nitrogen and oxygen atoms in total. The SMILES string of the molecule is CC(C)N1CCN(C(CN2CCN(CCCCc3c(O)ccc4ccccc34)CC2)c2ccc(F)cc2)CC1.O=C(O)/C=C\C(=O)O.O=C(O)/C=C\C(=O)O.O=C(O)/C=C\C(=O)O. The van der Waals surface area contributed by atoms with Crippen molar-refractivity contribution in [3.8, 4) is 5.75 Å². The van der Waals surface area contributed by atoms with Crippen molar-refractivity contribution >= 4 is 46.6 Å². The maximum atomic E-state index is 13.7. The second-order valence-electron chi connectivity index (χ2n) is 14.6. The van der Waals surface area contributed by atoms with Crippen molar-refractivity contribution in [2.24, 2.45) is 0 Å². The number of aliphatic carboxylic acids is 6. The number of phenolic OH excluding ortho intramolecular Hbond substituents is 1. The molecule has 2 heterocycles. The Morgan fingerprint density at radius 2 is 1.02 bits per heavy atom. The summed E-state index contributed by atoms with van der Waals surface area (Å²) in [4.78, 5) is 67.7. The molecule has 0 aromatic heterocycles. The first kappa shape index (κ1) is 52.7. The summed E-state index contributed by atoms with van der Waals surface area (Å²) in [7, 11) is 0. The number of piperazine rings is 2. The third-order valence-electron chi connectivity index (χ3n) is 9.94. The fourth-order valence-corrected chi connectivity index (χ4v) is 6.77. The smallest absolute Gasteiger partial charge is 0.328 e. The molecule has 18 heteroatoms. The molecule has 0 spiro atoms. The highest BCUT2D eigenvalue weighted by Gasteiger charge is 2.29. The zero-order valence-electron chi connectivity index (χ0n) is 35.3. The van der Waals surface area contributed by atoms with E-state index in [1.807, 2.05) is 24.3 Å². The van der Waals surface area contributed by atoms with Gasteiger partial charge in [0.2, 0.25) is 0 Å². The molecule has 3 aromatic rings. The van der Waals surface area contributed by atoms with E-state index in [9.17, 15) is 38.3 Å². The van der Waals surface area contributed by atoms with E-state index in [4.69, 9.17) is 30.6 Å². The highest BCUT2D eigenvalue weighted by molar-refractivity contribution is 5.91. The van der Waals surface area contributed by atoms with Crippen molar-refractivity contribution in [3.05, 3.63) is 114 Å². The summed E-state index contributed by atoms with van der Waals surface area (Å²) in [6.07, 6.45) is 6.48. The standard InChI is InChI=1S/C33H45FN4O.3C4H4O4/c1-26(2)37-21-23-38(24-22-37)32(28-10-13-29(34)14-11-28)25-36-19-17-35(18-20-36)16-6-5-9-31-30-8-4-3-7-27(30)12-15-33(31)39;3*5-3(6)1-2-4(7)8/h3-4,7-8,10-15,26,32,39H,5-6,9,16-25H2,1-2H3;3*1-2H,(H,5,6)(H,7,8)/b;3*2-1-. The van der Waals surface area contributed by atoms with Gasteiger partial charge in [-0.15, -0.1) is 0 Å². The minimum absolute atomic E-state index is 0.161. The first-order valence-electron chi connectivity index (χ1n) is 20.2. The molecular weight excluding hydrogens is 824 g/mol. The Kier molecular flexibility index (Phi) is 23.6. The van der Waals surface area contributed by atoms with E-state index in [-0.39, 0.29) is 5.82 Å². The van der Waals surface area contributed by atoms with Crippen LogP contribution in [0, 0.1) is 5.82 Å². The summed E-state index contributed by atoms with van der Waals surface area (Å²) < 4.78 is 13.7. The van der Waals surface area contributed by atoms with Crippen LogP contribution in [0.3, 0.4) is 0 Å². The molecule has 2 aliphatic rings. The molecule has 0 radical (unpaired) electrons. The molecule has 0 saturated carbocycles. The van der Waals surface area contributed by atoms with Crippen LogP contribution in [0.2, 0.25) is 0 Å². The normalized spacial score (nSPS) is 15.5. The van der Waals surface area contributed by atoms with Gasteiger partial charge in [0.25, 0.3) is 0 Å². The number of phenols is 1. The van der Waals surface area contributed by atoms with Crippen LogP contribution in [0.15, 0.2) is 97.1 Å². The molecule has 0 bridgehead atoms. The molecule has 2 aliphatic heterocycles. The number of fused-ring (bicyclic) bond motifs is 1. The number of carboxylic acid groups (broad SMARTS) is 6. The van der Waals surface area contributed by atoms with Crippen molar-refractivity contribution < 1.29 is 68.9 Å². The number of halogens is 1. The van der Waals surface area contributed by atoms with Gasteiger partial charge in [0, 0.05) is 113 Å². The number of aromatic hydroxyl groups is 1. The lowest BCUT2D eigenvalue weighted by Crippen LogP contribution is -2.53. The molecule has 2 fully saturated rings. The van der Waals surface area contributed by atoms with Gasteiger partial charge in [-0.1, -0.05) is 42.5 Å². The number of hydrogen-bond donors (Lipinski definition) is 7. The van der Waals surface area contributed by atoms with Gasteiger partial charge in [0.05, 0.1) is 0 Å². The second kappa shape index (κ2) is 28.2. The summed E-state index contributed by atoms with van der Waals surface area (Å²) >= 11 is 0. The number of unbranched alkanes of at least 4 members (excludes halogenated alkanes) is 1. The predicted molar refractivity (Wildman–Crippen MR) is 232 cm³/mol. The maximum absolute atomic E-state index is 13.7. The van der Waals surface area contributed by atoms with E-state index in [1.54, 1.807) is 12.1 Å². The highest BCUT2D eigenvalue weighted by atomic mass is 19.1. The summed E-state index contributed by atoms with van der Waals surface area (Å²) in [6.45, 7) is 15.3. The largest absolute Gasteiger partial charge is 0.508 e. The zero-order chi connectivity index (χ0) is 46.9. The minimum atomic E-state index is -1.26. The van der Waals surface area contributed by atoms with E-state index in [1.165, 1.54) is 16.3 Å². The van der Waals surface area contributed by atoms with Crippen LogP contribution in [-0.4, -0.2) is 163 Å². The topological polar surface area (TPSA) is 257 Å². The van der Waals surface area contributed by atoms with Crippen LogP contribution in [0.5, 0.6) is 5.75 Å². The molecule has 2 saturated heterocycles. The Bertz CT molecular complexity index is 1910. The van der Waals surface area contributed by atoms with Crippen molar-refractivity contribution in [1.82, 2.24) is 19.6 Å². The van der Waals surface area contributed by atoms with E-state index >= 15 is 0 Å². The lowest BCUT2D eigenvalue weighted by atomic mass is 9.99. The number of carboxylic acids is 6. The highest BCUT2D eigenvalue weighted by Crippen LogP contribution is 2.29. The summed E-state index contributed by atoms with van der Waals surface area (Å²) in [6, 6.07) is 20.3. The van der Waals surface area contributed by atoms with Gasteiger partial charge < -0.3 is 40.6 Å². The molecule has 1 atom stereocenters. The van der Waals surface area contributed by atoms with E-state index in [0.29, 0.717) is 54.3 Å². The molecule has 342 valence electrons. The molecule has 7 N–H and O–H groups in total. The Labute approximate surface area is 364 Å². The van der Waals surface area contributed by atoms with Crippen LogP contribution in [-0.2, 0) is 35.2 Å². The summed E-state index contributed by atoms with van der Waals surface area (Å²) in [5.41, 5.74) is 2.31. The number of aryl methyl sites for hydroxylation is 1. The van der Waals surface area contributed by atoms with E-state index < -0.39 is 35.8 Å². The van der Waals surface area contributed by atoms with Crippen molar-refractivity contribution in [2.45, 2.75) is 45.2 Å². The quantitative estimate of drug-likeness (QED) is 0.0771. The number of carbonyl (C=O) groups is 6. The van der Waals surface area contributed by atoms with Gasteiger partial charge >= 0.3 is 35.8 Å². The molecule has 5 rings (SSSR count). The third-order valence-corrected chi connectivity index (χ3v) is 9.94. The van der Waals surface area contributed by atoms with E-state index in [0.717, 1.165) is 90.3 Å². The Morgan fingerprint density at radius 3 is 1.48 bits per heavy atom. The zero-order valence-corrected chi connectivity index (χ0v) is 35.3. The first-order valence-corrected chi connectivity index (χ1v) is 20.2. The lowest BCUT2D eigenvalue weighted by molar-refractivity contribution is -0.134. The average molecular weight is 881 g/mol. The summed E-state index contributed by atoms with van der Waals surface area (Å²) in [5.74, 6) is -7.28. The Balaban J connectivity index is 0.000000464. The molecule has 0 amide bonds. The van der Waals surface area contributed by atoms with Crippen molar-refractivity contribution in [3.63, 3.8) is 0 Å². The Hall–Kier alpha value is -6.47. The van der Waals surface area contributed by atoms with Gasteiger partial charge in [-0.3, -0.25) is 14.7 Å². The number of benzene rings is 3. The van der Waals surface area contributed by atoms with Crippen LogP contribution in [0.1, 0.15) is 43.9 Å². The van der Waals surface area contributed by atoms with E-state index in [2.05, 4.69) is 57.7 Å². The number of rotatable bonds is 16. The predicted octanol–water partition coefficient (Wildman–Crippen LogP) is 4.53. The van der Waals surface area contributed by atoms with Crippen LogP contribution >= 0.6 is 0 Å². The second-order valence-corrected chi connectivity index (χ2v) is 14.6. The average Bonchev–Trinajstić information content (AvgIpc) is 3.24. The van der Waals surface area contributed by atoms with Crippen molar-refractivity contribution in [1.29, 1.82) is 0 Å². The molecule has 63 heavy (non-hydrogen) atoms. The first-order chi connectivity index (χ1) is 29.9. The van der Waals surface area contributed by atoms with Gasteiger partial charge in [-0.2, -0.15) is 0 Å². The Morgan fingerprint density at radius 1 is 0.571 bits per heavy atom. The molecule has 0 aliphatic carbocycles. The van der Waals surface area contributed by atoms with Gasteiger partial charge in [0.1, 0.15) is 11.6 Å². The van der Waals surface area contributed by atoms with Crippen molar-refractivity contribution in [2.75, 3.05) is 65.4 Å². The van der Waals surface area contributed by atoms with Gasteiger partial charge in [-0.05, 0) is 74.2 Å². The summed E-state index contributed by atoms with van der Waals surface area (Å²) in [5, 5.41) is 59.7.